The number of hydrazone groups is 1. The molecule has 1 N–H and O–H groups in total. The quantitative estimate of drug-likeness (QED) is 0.177. The van der Waals surface area contributed by atoms with Crippen molar-refractivity contribution in [2.24, 2.45) is 5.10 Å². The van der Waals surface area contributed by atoms with Gasteiger partial charge in [0.15, 0.2) is 0 Å². The van der Waals surface area contributed by atoms with E-state index in [1.165, 1.54) is 9.69 Å². The Morgan fingerprint density at radius 2 is 1.20 bits per heavy atom. The maximum atomic E-state index is 13.4. The van der Waals surface area contributed by atoms with Gasteiger partial charge in [0.05, 0.1) is 22.5 Å². The van der Waals surface area contributed by atoms with Crippen molar-refractivity contribution in [3.05, 3.63) is 162 Å². The third-order valence-corrected chi connectivity index (χ3v) is 6.62. The summed E-state index contributed by atoms with van der Waals surface area (Å²) in [7, 11) is 0. The summed E-state index contributed by atoms with van der Waals surface area (Å²) in [5.74, 6) is -0.155. The van der Waals surface area contributed by atoms with E-state index in [2.05, 4.69) is 5.10 Å². The van der Waals surface area contributed by atoms with E-state index < -0.39 is 0 Å². The van der Waals surface area contributed by atoms with Crippen LogP contribution < -0.4 is 5.01 Å². The number of nitrogens with zero attached hydrogens (tertiary/aromatic N) is 4. The Morgan fingerprint density at radius 1 is 0.634 bits per heavy atom. The van der Waals surface area contributed by atoms with Crippen molar-refractivity contribution in [2.75, 3.05) is 5.01 Å². The molecule has 198 valence electrons. The van der Waals surface area contributed by atoms with Crippen LogP contribution in [0.15, 0.2) is 156 Å². The molecule has 0 fully saturated rings. The lowest BCUT2D eigenvalue weighted by Gasteiger charge is -2.10. The van der Waals surface area contributed by atoms with Crippen LogP contribution in [0.4, 0.5) is 5.69 Å². The van der Waals surface area contributed by atoms with E-state index in [-0.39, 0.29) is 11.8 Å². The van der Waals surface area contributed by atoms with Gasteiger partial charge in [-0.15, -0.1) is 0 Å². The zero-order valence-corrected chi connectivity index (χ0v) is 22.1. The zero-order chi connectivity index (χ0) is 28.0. The zero-order valence-electron chi connectivity index (χ0n) is 22.1. The number of para-hydroxylation sites is 2. The summed E-state index contributed by atoms with van der Waals surface area (Å²) in [6, 6.07) is 38.3. The van der Waals surface area contributed by atoms with Crippen LogP contribution in [0, 0.1) is 0 Å². The molecule has 0 saturated heterocycles. The number of carbonyl (C=O) groups is 1. The number of aromatic hydroxyl groups is 1. The lowest BCUT2D eigenvalue weighted by Crippen LogP contribution is -2.21. The van der Waals surface area contributed by atoms with E-state index in [9.17, 15) is 9.90 Å². The van der Waals surface area contributed by atoms with Crippen molar-refractivity contribution in [3.8, 4) is 22.8 Å². The Kier molecular flexibility index (Phi) is 7.19. The SMILES string of the molecule is O=C1\C(=C/C=C/C=C/c2c(-c3ccccc3)nn(-c3ccccc3)c2O)C(c2ccccc2)=NN1c1ccccc1. The fourth-order valence-electron chi connectivity index (χ4n) is 4.62. The van der Waals surface area contributed by atoms with Gasteiger partial charge < -0.3 is 5.11 Å². The van der Waals surface area contributed by atoms with Gasteiger partial charge >= 0.3 is 0 Å². The second kappa shape index (κ2) is 11.6. The van der Waals surface area contributed by atoms with Gasteiger partial charge in [0, 0.05) is 11.1 Å². The predicted octanol–water partition coefficient (Wildman–Crippen LogP) is 7.19. The van der Waals surface area contributed by atoms with Crippen molar-refractivity contribution in [3.63, 3.8) is 0 Å². The minimum Gasteiger partial charge on any atom is -0.493 e. The van der Waals surface area contributed by atoms with Crippen LogP contribution >= 0.6 is 0 Å². The molecule has 6 nitrogen and oxygen atoms in total. The summed E-state index contributed by atoms with van der Waals surface area (Å²) in [5, 5.41) is 21.9. The second-order valence-corrected chi connectivity index (χ2v) is 9.29. The van der Waals surface area contributed by atoms with E-state index in [1.54, 1.807) is 12.2 Å². The second-order valence-electron chi connectivity index (χ2n) is 9.29. The Labute approximate surface area is 238 Å². The fourth-order valence-corrected chi connectivity index (χ4v) is 4.62. The number of anilines is 1. The fraction of sp³-hybridized carbons (Fsp3) is 0. The van der Waals surface area contributed by atoms with Gasteiger partial charge in [0.1, 0.15) is 11.4 Å². The summed E-state index contributed by atoms with van der Waals surface area (Å²) in [6.45, 7) is 0. The van der Waals surface area contributed by atoms with Gasteiger partial charge in [-0.3, -0.25) is 4.79 Å². The van der Waals surface area contributed by atoms with Crippen LogP contribution in [0.5, 0.6) is 5.88 Å². The van der Waals surface area contributed by atoms with Gasteiger partial charge in [-0.2, -0.15) is 15.2 Å². The minimum absolute atomic E-state index is 0.0426. The van der Waals surface area contributed by atoms with Gasteiger partial charge in [-0.1, -0.05) is 115 Å². The van der Waals surface area contributed by atoms with Gasteiger partial charge in [-0.05, 0) is 36.4 Å². The summed E-state index contributed by atoms with van der Waals surface area (Å²) in [4.78, 5) is 13.4. The maximum Gasteiger partial charge on any atom is 0.281 e. The number of rotatable bonds is 7. The van der Waals surface area contributed by atoms with Gasteiger partial charge in [0.25, 0.3) is 5.91 Å². The van der Waals surface area contributed by atoms with Gasteiger partial charge in [-0.25, -0.2) is 4.68 Å². The molecule has 4 aromatic carbocycles. The average molecular weight is 535 g/mol. The number of carbonyl (C=O) groups excluding carboxylic acids is 1. The highest BCUT2D eigenvalue weighted by Crippen LogP contribution is 2.33. The minimum atomic E-state index is -0.197. The van der Waals surface area contributed by atoms with E-state index in [1.807, 2.05) is 140 Å². The predicted molar refractivity (Wildman–Crippen MR) is 164 cm³/mol. The number of aromatic nitrogens is 2. The van der Waals surface area contributed by atoms with E-state index in [0.717, 1.165) is 16.8 Å². The summed E-state index contributed by atoms with van der Waals surface area (Å²) >= 11 is 0. The molecule has 0 radical (unpaired) electrons. The first kappa shape index (κ1) is 25.5. The molecule has 0 bridgehead atoms. The van der Waals surface area contributed by atoms with E-state index in [0.29, 0.717) is 28.2 Å². The first-order valence-corrected chi connectivity index (χ1v) is 13.2. The first-order chi connectivity index (χ1) is 20.2. The molecular weight excluding hydrogens is 508 g/mol. The topological polar surface area (TPSA) is 70.7 Å². The lowest BCUT2D eigenvalue weighted by atomic mass is 10.0. The Bertz CT molecular complexity index is 1790. The molecule has 0 spiro atoms. The first-order valence-electron chi connectivity index (χ1n) is 13.2. The number of allylic oxidation sites excluding steroid dienone is 4. The molecule has 0 aliphatic carbocycles. The van der Waals surface area contributed by atoms with Crippen molar-refractivity contribution in [1.82, 2.24) is 9.78 Å². The maximum absolute atomic E-state index is 13.4. The molecule has 0 atom stereocenters. The molecule has 5 aromatic rings. The van der Waals surface area contributed by atoms with Crippen molar-refractivity contribution >= 4 is 23.4 Å². The number of benzene rings is 4. The highest BCUT2D eigenvalue weighted by atomic mass is 16.3. The molecule has 41 heavy (non-hydrogen) atoms. The molecule has 0 saturated carbocycles. The summed E-state index contributed by atoms with van der Waals surface area (Å²) in [6.07, 6.45) is 9.04. The van der Waals surface area contributed by atoms with Gasteiger partial charge in [0.2, 0.25) is 5.88 Å². The van der Waals surface area contributed by atoms with Crippen LogP contribution in [0.1, 0.15) is 11.1 Å². The van der Waals surface area contributed by atoms with Crippen molar-refractivity contribution < 1.29 is 9.90 Å². The Morgan fingerprint density at radius 3 is 1.83 bits per heavy atom. The van der Waals surface area contributed by atoms with E-state index in [4.69, 9.17) is 5.10 Å². The van der Waals surface area contributed by atoms with Crippen LogP contribution in [-0.4, -0.2) is 26.5 Å². The largest absolute Gasteiger partial charge is 0.493 e. The Hall–Kier alpha value is -5.75. The number of amides is 1. The van der Waals surface area contributed by atoms with Crippen molar-refractivity contribution in [1.29, 1.82) is 0 Å². The molecule has 6 rings (SSSR count). The lowest BCUT2D eigenvalue weighted by molar-refractivity contribution is -0.114. The summed E-state index contributed by atoms with van der Waals surface area (Å²) < 4.78 is 1.53. The highest BCUT2D eigenvalue weighted by Gasteiger charge is 2.31. The van der Waals surface area contributed by atoms with E-state index >= 15 is 0 Å². The van der Waals surface area contributed by atoms with Crippen LogP contribution in [-0.2, 0) is 4.79 Å². The molecule has 1 amide bonds. The molecule has 6 heteroatoms. The molecule has 2 heterocycles. The number of hydrogen-bond donors (Lipinski definition) is 1. The van der Waals surface area contributed by atoms with Crippen molar-refractivity contribution in [2.45, 2.75) is 0 Å². The van der Waals surface area contributed by atoms with Crippen LogP contribution in [0.25, 0.3) is 23.0 Å². The summed E-state index contributed by atoms with van der Waals surface area (Å²) in [5.41, 5.74) is 5.59. The molecular formula is C35H26N4O2. The Balaban J connectivity index is 1.32. The van der Waals surface area contributed by atoms with Crippen LogP contribution in [0.2, 0.25) is 0 Å². The number of hydrogen-bond acceptors (Lipinski definition) is 4. The third-order valence-electron chi connectivity index (χ3n) is 6.62. The van der Waals surface area contributed by atoms with Crippen LogP contribution in [0.3, 0.4) is 0 Å². The smallest absolute Gasteiger partial charge is 0.281 e. The molecule has 1 aromatic heterocycles. The third kappa shape index (κ3) is 5.27. The monoisotopic (exact) mass is 534 g/mol. The molecule has 1 aliphatic rings. The molecule has 0 unspecified atom stereocenters. The standard InChI is InChI=1S/C35H26N4O2/c40-34-30(32(26-16-6-1-7-17-26)36-38(34)28-20-10-3-11-21-28)24-14-5-15-25-31-33(27-18-8-2-9-19-27)37-39(35(31)41)29-22-12-4-13-23-29/h1-25,40H/b15-5+,24-14+,31-25-. The molecule has 1 aliphatic heterocycles. The highest BCUT2D eigenvalue weighted by molar-refractivity contribution is 6.35. The normalized spacial score (nSPS) is 14.4. The average Bonchev–Trinajstić information content (AvgIpc) is 3.55.